The third-order valence-electron chi connectivity index (χ3n) is 4.48. The van der Waals surface area contributed by atoms with Crippen molar-refractivity contribution in [1.29, 1.82) is 0 Å². The molecule has 0 aliphatic rings. The van der Waals surface area contributed by atoms with E-state index in [0.29, 0.717) is 5.56 Å². The second kappa shape index (κ2) is 7.56. The summed E-state index contributed by atoms with van der Waals surface area (Å²) in [5.74, 6) is 0. The van der Waals surface area contributed by atoms with Crippen molar-refractivity contribution in [2.45, 2.75) is 40.5 Å². The highest BCUT2D eigenvalue weighted by molar-refractivity contribution is 6.01. The molecule has 0 radical (unpaired) electrons. The van der Waals surface area contributed by atoms with Crippen molar-refractivity contribution in [1.82, 2.24) is 9.78 Å². The van der Waals surface area contributed by atoms with Crippen LogP contribution in [0.5, 0.6) is 0 Å². The molecule has 0 fully saturated rings. The number of hydrogen-bond donors (Lipinski definition) is 1. The molecule has 2 aromatic carbocycles. The SMILES string of the molecule is CCCc1[nH]n(-c2ccccc2)c(=O)c1C(C)=Nc1ccc(C)cc1C. The third-order valence-corrected chi connectivity index (χ3v) is 4.48. The second-order valence-corrected chi connectivity index (χ2v) is 6.68. The number of para-hydroxylation sites is 1. The molecule has 134 valence electrons. The molecule has 0 atom stereocenters. The van der Waals surface area contributed by atoms with E-state index >= 15 is 0 Å². The molecule has 0 saturated carbocycles. The molecule has 3 rings (SSSR count). The Bertz CT molecular complexity index is 994. The number of aliphatic imine (C=N–C) groups is 1. The predicted molar refractivity (Wildman–Crippen MR) is 108 cm³/mol. The number of H-pyrrole nitrogens is 1. The molecular weight excluding hydrogens is 322 g/mol. The van der Waals surface area contributed by atoms with E-state index in [1.165, 1.54) is 5.56 Å². The smallest absolute Gasteiger partial charge is 0.280 e. The number of rotatable bonds is 5. The fourth-order valence-corrected chi connectivity index (χ4v) is 3.21. The maximum atomic E-state index is 13.1. The number of hydrogen-bond acceptors (Lipinski definition) is 2. The summed E-state index contributed by atoms with van der Waals surface area (Å²) < 4.78 is 1.61. The van der Waals surface area contributed by atoms with Crippen molar-refractivity contribution in [2.75, 3.05) is 0 Å². The van der Waals surface area contributed by atoms with E-state index in [4.69, 9.17) is 4.99 Å². The van der Waals surface area contributed by atoms with Crippen LogP contribution < -0.4 is 5.56 Å². The predicted octanol–water partition coefficient (Wildman–Crippen LogP) is 4.88. The number of aromatic nitrogens is 2. The van der Waals surface area contributed by atoms with Gasteiger partial charge in [-0.05, 0) is 51.0 Å². The molecule has 4 heteroatoms. The number of benzene rings is 2. The summed E-state index contributed by atoms with van der Waals surface area (Å²) in [6.07, 6.45) is 1.77. The second-order valence-electron chi connectivity index (χ2n) is 6.68. The van der Waals surface area contributed by atoms with Crippen molar-refractivity contribution in [2.24, 2.45) is 4.99 Å². The molecule has 26 heavy (non-hydrogen) atoms. The maximum absolute atomic E-state index is 13.1. The summed E-state index contributed by atoms with van der Waals surface area (Å²) >= 11 is 0. The molecule has 0 spiro atoms. The largest absolute Gasteiger partial charge is 0.294 e. The fourth-order valence-electron chi connectivity index (χ4n) is 3.21. The Hall–Kier alpha value is -2.88. The van der Waals surface area contributed by atoms with Gasteiger partial charge in [-0.1, -0.05) is 49.2 Å². The lowest BCUT2D eigenvalue weighted by atomic mass is 10.1. The van der Waals surface area contributed by atoms with Crippen molar-refractivity contribution < 1.29 is 0 Å². The monoisotopic (exact) mass is 347 g/mol. The van der Waals surface area contributed by atoms with E-state index in [-0.39, 0.29) is 5.56 Å². The zero-order chi connectivity index (χ0) is 18.7. The number of nitrogens with zero attached hydrogens (tertiary/aromatic N) is 2. The van der Waals surface area contributed by atoms with Crippen LogP contribution in [0.4, 0.5) is 5.69 Å². The van der Waals surface area contributed by atoms with Crippen LogP contribution in [0.2, 0.25) is 0 Å². The minimum Gasteiger partial charge on any atom is -0.294 e. The zero-order valence-corrected chi connectivity index (χ0v) is 15.8. The summed E-state index contributed by atoms with van der Waals surface area (Å²) in [6, 6.07) is 15.8. The van der Waals surface area contributed by atoms with Crippen molar-refractivity contribution in [3.05, 3.63) is 81.3 Å². The quantitative estimate of drug-likeness (QED) is 0.657. The van der Waals surface area contributed by atoms with E-state index < -0.39 is 0 Å². The fraction of sp³-hybridized carbons (Fsp3) is 0.273. The first kappa shape index (κ1) is 17.9. The van der Waals surface area contributed by atoms with Crippen LogP contribution in [0.3, 0.4) is 0 Å². The van der Waals surface area contributed by atoms with Gasteiger partial charge in [-0.15, -0.1) is 0 Å². The normalized spacial score (nSPS) is 11.8. The van der Waals surface area contributed by atoms with Crippen LogP contribution in [0, 0.1) is 13.8 Å². The van der Waals surface area contributed by atoms with Crippen molar-refractivity contribution in [3.8, 4) is 5.69 Å². The van der Waals surface area contributed by atoms with E-state index in [0.717, 1.165) is 41.2 Å². The summed E-state index contributed by atoms with van der Waals surface area (Å²) in [5, 5.41) is 3.28. The summed E-state index contributed by atoms with van der Waals surface area (Å²) in [5.41, 5.74) is 6.37. The first-order chi connectivity index (χ1) is 12.5. The van der Waals surface area contributed by atoms with Gasteiger partial charge in [0.1, 0.15) is 0 Å². The highest BCUT2D eigenvalue weighted by Gasteiger charge is 2.17. The average molecular weight is 347 g/mol. The number of aryl methyl sites for hydroxylation is 3. The Kier molecular flexibility index (Phi) is 5.21. The zero-order valence-electron chi connectivity index (χ0n) is 15.8. The standard InChI is InChI=1S/C22H25N3O/c1-5-9-20-21(17(4)23-19-13-12-15(2)14-16(19)3)22(26)25(24-20)18-10-7-6-8-11-18/h6-8,10-14,24H,5,9H2,1-4H3. The summed E-state index contributed by atoms with van der Waals surface area (Å²) in [7, 11) is 0. The Labute approximate surface area is 154 Å². The van der Waals surface area contributed by atoms with Crippen LogP contribution >= 0.6 is 0 Å². The van der Waals surface area contributed by atoms with Gasteiger partial charge in [0.05, 0.1) is 22.6 Å². The molecule has 0 aliphatic carbocycles. The Morgan fingerprint density at radius 1 is 1.12 bits per heavy atom. The molecule has 1 heterocycles. The van der Waals surface area contributed by atoms with Crippen LogP contribution in [0.15, 0.2) is 58.3 Å². The van der Waals surface area contributed by atoms with Crippen LogP contribution in [-0.2, 0) is 6.42 Å². The Balaban J connectivity index is 2.12. The van der Waals surface area contributed by atoms with Crippen LogP contribution in [-0.4, -0.2) is 15.5 Å². The Morgan fingerprint density at radius 2 is 1.85 bits per heavy atom. The molecule has 1 N–H and O–H groups in total. The number of aromatic amines is 1. The van der Waals surface area contributed by atoms with Gasteiger partial charge in [-0.2, -0.15) is 0 Å². The average Bonchev–Trinajstić information content (AvgIpc) is 2.95. The van der Waals surface area contributed by atoms with Gasteiger partial charge in [0.25, 0.3) is 5.56 Å². The number of nitrogens with one attached hydrogen (secondary N) is 1. The molecule has 0 bridgehead atoms. The summed E-state index contributed by atoms with van der Waals surface area (Å²) in [6.45, 7) is 8.14. The van der Waals surface area contributed by atoms with E-state index in [2.05, 4.69) is 25.0 Å². The van der Waals surface area contributed by atoms with E-state index in [9.17, 15) is 4.79 Å². The van der Waals surface area contributed by atoms with E-state index in [1.807, 2.05) is 56.3 Å². The minimum absolute atomic E-state index is 0.0503. The lowest BCUT2D eigenvalue weighted by molar-refractivity contribution is 0.793. The van der Waals surface area contributed by atoms with Gasteiger partial charge in [0.2, 0.25) is 0 Å². The van der Waals surface area contributed by atoms with Gasteiger partial charge in [0.15, 0.2) is 0 Å². The summed E-state index contributed by atoms with van der Waals surface area (Å²) in [4.78, 5) is 17.9. The lowest BCUT2D eigenvalue weighted by Crippen LogP contribution is -2.19. The van der Waals surface area contributed by atoms with Gasteiger partial charge in [-0.25, -0.2) is 4.68 Å². The molecule has 1 aromatic heterocycles. The topological polar surface area (TPSA) is 50.1 Å². The minimum atomic E-state index is -0.0503. The molecule has 0 aliphatic heterocycles. The third kappa shape index (κ3) is 3.54. The van der Waals surface area contributed by atoms with Gasteiger partial charge >= 0.3 is 0 Å². The van der Waals surface area contributed by atoms with Gasteiger partial charge in [-0.3, -0.25) is 14.9 Å². The first-order valence-corrected chi connectivity index (χ1v) is 9.03. The van der Waals surface area contributed by atoms with Crippen molar-refractivity contribution in [3.63, 3.8) is 0 Å². The van der Waals surface area contributed by atoms with Gasteiger partial charge in [0, 0.05) is 5.69 Å². The molecular formula is C22H25N3O. The molecule has 0 amide bonds. The van der Waals surface area contributed by atoms with Crippen LogP contribution in [0.25, 0.3) is 5.69 Å². The maximum Gasteiger partial charge on any atom is 0.280 e. The molecule has 4 nitrogen and oxygen atoms in total. The highest BCUT2D eigenvalue weighted by atomic mass is 16.1. The highest BCUT2D eigenvalue weighted by Crippen LogP contribution is 2.21. The Morgan fingerprint density at radius 3 is 2.50 bits per heavy atom. The van der Waals surface area contributed by atoms with Crippen molar-refractivity contribution >= 4 is 11.4 Å². The molecule has 3 aromatic rings. The molecule has 0 unspecified atom stereocenters. The van der Waals surface area contributed by atoms with Gasteiger partial charge < -0.3 is 0 Å². The van der Waals surface area contributed by atoms with Crippen LogP contribution in [0.1, 0.15) is 42.7 Å². The lowest BCUT2D eigenvalue weighted by Gasteiger charge is -2.04. The van der Waals surface area contributed by atoms with E-state index in [1.54, 1.807) is 4.68 Å². The first-order valence-electron chi connectivity index (χ1n) is 9.03. The molecule has 0 saturated heterocycles.